The van der Waals surface area contributed by atoms with Crippen molar-refractivity contribution in [2.24, 2.45) is 0 Å². The predicted molar refractivity (Wildman–Crippen MR) is 101 cm³/mol. The molecule has 0 spiro atoms. The minimum absolute atomic E-state index is 0.0539. The molecular formula is C20H21N5O. The van der Waals surface area contributed by atoms with Crippen LogP contribution in [0.25, 0.3) is 5.69 Å². The van der Waals surface area contributed by atoms with Gasteiger partial charge in [-0.25, -0.2) is 0 Å². The summed E-state index contributed by atoms with van der Waals surface area (Å²) in [4.78, 5) is 14.8. The Labute approximate surface area is 152 Å². The monoisotopic (exact) mass is 347 g/mol. The van der Waals surface area contributed by atoms with E-state index in [1.165, 1.54) is 11.3 Å². The Kier molecular flexibility index (Phi) is 4.64. The number of amides is 1. The van der Waals surface area contributed by atoms with E-state index < -0.39 is 0 Å². The van der Waals surface area contributed by atoms with Gasteiger partial charge >= 0.3 is 0 Å². The lowest BCUT2D eigenvalue weighted by atomic mass is 10.2. The van der Waals surface area contributed by atoms with Crippen molar-refractivity contribution in [3.8, 4) is 5.69 Å². The van der Waals surface area contributed by atoms with Crippen LogP contribution in [0.15, 0.2) is 61.2 Å². The molecule has 0 saturated carbocycles. The van der Waals surface area contributed by atoms with Gasteiger partial charge in [0, 0.05) is 36.6 Å². The van der Waals surface area contributed by atoms with E-state index in [9.17, 15) is 4.79 Å². The van der Waals surface area contributed by atoms with Crippen LogP contribution in [0.3, 0.4) is 0 Å². The summed E-state index contributed by atoms with van der Waals surface area (Å²) < 4.78 is 1.78. The fourth-order valence-corrected chi connectivity index (χ4v) is 3.35. The number of benzene rings is 2. The van der Waals surface area contributed by atoms with Crippen molar-refractivity contribution >= 4 is 11.6 Å². The molecule has 6 nitrogen and oxygen atoms in total. The molecule has 1 aliphatic rings. The van der Waals surface area contributed by atoms with E-state index in [2.05, 4.69) is 44.7 Å². The first-order valence-corrected chi connectivity index (χ1v) is 8.87. The molecule has 4 rings (SSSR count). The van der Waals surface area contributed by atoms with Crippen LogP contribution in [0.1, 0.15) is 22.3 Å². The Bertz CT molecular complexity index is 891. The molecule has 6 heteroatoms. The highest BCUT2D eigenvalue weighted by Crippen LogP contribution is 2.27. The molecule has 2 heterocycles. The summed E-state index contributed by atoms with van der Waals surface area (Å²) in [6, 6.07) is 16.0. The summed E-state index contributed by atoms with van der Waals surface area (Å²) in [5.74, 6) is -0.0539. The number of nitrogens with zero attached hydrogens (tertiary/aromatic N) is 4. The molecule has 3 aromatic rings. The van der Waals surface area contributed by atoms with E-state index in [0.29, 0.717) is 12.1 Å². The maximum absolute atomic E-state index is 12.4. The van der Waals surface area contributed by atoms with Crippen molar-refractivity contribution in [1.29, 1.82) is 0 Å². The Morgan fingerprint density at radius 2 is 1.92 bits per heavy atom. The molecule has 0 radical (unpaired) electrons. The van der Waals surface area contributed by atoms with Gasteiger partial charge in [0.15, 0.2) is 0 Å². The highest BCUT2D eigenvalue weighted by Gasteiger charge is 2.17. The normalized spacial score (nSPS) is 12.8. The fourth-order valence-electron chi connectivity index (χ4n) is 3.35. The van der Waals surface area contributed by atoms with Gasteiger partial charge in [-0.3, -0.25) is 9.36 Å². The highest BCUT2D eigenvalue weighted by molar-refractivity contribution is 5.94. The number of carbonyl (C=O) groups is 1. The molecule has 1 amide bonds. The molecule has 0 fully saturated rings. The molecule has 1 aliphatic heterocycles. The van der Waals surface area contributed by atoms with Crippen molar-refractivity contribution in [3.05, 3.63) is 72.3 Å². The molecule has 0 aliphatic carbocycles. The smallest absolute Gasteiger partial charge is 0.251 e. The predicted octanol–water partition coefficient (Wildman–Crippen LogP) is 2.45. The third-order valence-corrected chi connectivity index (χ3v) is 4.70. The number of aromatic nitrogens is 3. The average molecular weight is 347 g/mol. The van der Waals surface area contributed by atoms with E-state index in [0.717, 1.165) is 31.6 Å². The molecule has 0 atom stereocenters. The number of nitrogens with one attached hydrogen (secondary N) is 1. The van der Waals surface area contributed by atoms with Gasteiger partial charge < -0.3 is 10.2 Å². The topological polar surface area (TPSA) is 63.1 Å². The molecule has 0 bridgehead atoms. The zero-order valence-electron chi connectivity index (χ0n) is 14.5. The molecule has 1 N–H and O–H groups in total. The lowest BCUT2D eigenvalue weighted by Crippen LogP contribution is -2.29. The molecule has 0 saturated heterocycles. The third-order valence-electron chi connectivity index (χ3n) is 4.70. The number of rotatable bonds is 6. The van der Waals surface area contributed by atoms with Crippen molar-refractivity contribution in [3.63, 3.8) is 0 Å². The first-order valence-electron chi connectivity index (χ1n) is 8.87. The van der Waals surface area contributed by atoms with Crippen molar-refractivity contribution in [2.45, 2.75) is 12.8 Å². The first kappa shape index (κ1) is 16.3. The minimum atomic E-state index is -0.0539. The van der Waals surface area contributed by atoms with Gasteiger partial charge in [0.05, 0.1) is 0 Å². The summed E-state index contributed by atoms with van der Waals surface area (Å²) in [5.41, 5.74) is 4.27. The Hall–Kier alpha value is -3.15. The van der Waals surface area contributed by atoms with Crippen LogP contribution in [-0.4, -0.2) is 40.3 Å². The number of fused-ring (bicyclic) bond motifs is 1. The van der Waals surface area contributed by atoms with Gasteiger partial charge in [-0.2, -0.15) is 0 Å². The summed E-state index contributed by atoms with van der Waals surface area (Å²) in [6.07, 6.45) is 5.26. The second-order valence-corrected chi connectivity index (χ2v) is 6.39. The lowest BCUT2D eigenvalue weighted by molar-refractivity contribution is 0.0953. The van der Waals surface area contributed by atoms with E-state index in [1.54, 1.807) is 17.2 Å². The van der Waals surface area contributed by atoms with Gasteiger partial charge in [0.1, 0.15) is 12.7 Å². The minimum Gasteiger partial charge on any atom is -0.371 e. The maximum Gasteiger partial charge on any atom is 0.251 e. The van der Waals surface area contributed by atoms with Crippen LogP contribution in [0.2, 0.25) is 0 Å². The summed E-state index contributed by atoms with van der Waals surface area (Å²) in [7, 11) is 0. The highest BCUT2D eigenvalue weighted by atomic mass is 16.1. The quantitative estimate of drug-likeness (QED) is 0.696. The Morgan fingerprint density at radius 1 is 1.08 bits per heavy atom. The number of hydrogen-bond donors (Lipinski definition) is 1. The molecule has 1 aromatic heterocycles. The molecule has 0 unspecified atom stereocenters. The standard InChI is InChI=1S/C20H21N5O/c26-20(17-6-3-7-18(13-17)25-14-22-23-15-25)21-10-4-11-24-12-9-16-5-1-2-8-19(16)24/h1-3,5-8,13-15H,4,9-12H2,(H,21,26). The van der Waals surface area contributed by atoms with Gasteiger partial charge in [-0.1, -0.05) is 24.3 Å². The third kappa shape index (κ3) is 3.44. The summed E-state index contributed by atoms with van der Waals surface area (Å²) >= 11 is 0. The van der Waals surface area contributed by atoms with Crippen LogP contribution >= 0.6 is 0 Å². The fraction of sp³-hybridized carbons (Fsp3) is 0.250. The molecule has 2 aromatic carbocycles. The van der Waals surface area contributed by atoms with Crippen LogP contribution in [0, 0.1) is 0 Å². The summed E-state index contributed by atoms with van der Waals surface area (Å²) in [6.45, 7) is 2.68. The molecular weight excluding hydrogens is 326 g/mol. The van der Waals surface area contributed by atoms with Crippen LogP contribution in [0.4, 0.5) is 5.69 Å². The van der Waals surface area contributed by atoms with E-state index >= 15 is 0 Å². The van der Waals surface area contributed by atoms with Gasteiger partial charge in [-0.15, -0.1) is 10.2 Å². The first-order chi connectivity index (χ1) is 12.8. The van der Waals surface area contributed by atoms with E-state index in [1.807, 2.05) is 24.3 Å². The second kappa shape index (κ2) is 7.39. The average Bonchev–Trinajstić information content (AvgIpc) is 3.35. The molecule has 132 valence electrons. The lowest BCUT2D eigenvalue weighted by Gasteiger charge is -2.19. The second-order valence-electron chi connectivity index (χ2n) is 6.39. The number of hydrogen-bond acceptors (Lipinski definition) is 4. The van der Waals surface area contributed by atoms with E-state index in [-0.39, 0.29) is 5.91 Å². The summed E-state index contributed by atoms with van der Waals surface area (Å²) in [5, 5.41) is 10.6. The van der Waals surface area contributed by atoms with E-state index in [4.69, 9.17) is 0 Å². The number of para-hydroxylation sites is 1. The van der Waals surface area contributed by atoms with Crippen molar-refractivity contribution in [1.82, 2.24) is 20.1 Å². The zero-order chi connectivity index (χ0) is 17.8. The zero-order valence-corrected chi connectivity index (χ0v) is 14.5. The maximum atomic E-state index is 12.4. The Morgan fingerprint density at radius 3 is 2.81 bits per heavy atom. The largest absolute Gasteiger partial charge is 0.371 e. The van der Waals surface area contributed by atoms with Crippen molar-refractivity contribution < 1.29 is 4.79 Å². The van der Waals surface area contributed by atoms with Crippen molar-refractivity contribution in [2.75, 3.05) is 24.5 Å². The van der Waals surface area contributed by atoms with Gasteiger partial charge in [0.2, 0.25) is 0 Å². The van der Waals surface area contributed by atoms with Crippen LogP contribution < -0.4 is 10.2 Å². The SMILES string of the molecule is O=C(NCCCN1CCc2ccccc21)c1cccc(-n2cnnc2)c1. The number of carbonyl (C=O) groups excluding carboxylic acids is 1. The van der Waals surface area contributed by atoms with Crippen LogP contribution in [-0.2, 0) is 6.42 Å². The Balaban J connectivity index is 1.29. The number of anilines is 1. The molecule has 26 heavy (non-hydrogen) atoms. The van der Waals surface area contributed by atoms with Crippen LogP contribution in [0.5, 0.6) is 0 Å². The van der Waals surface area contributed by atoms with Gasteiger partial charge in [-0.05, 0) is 42.7 Å². The van der Waals surface area contributed by atoms with Gasteiger partial charge in [0.25, 0.3) is 5.91 Å².